The second kappa shape index (κ2) is 6.06. The fourth-order valence-corrected chi connectivity index (χ4v) is 3.08. The van der Waals surface area contributed by atoms with Gasteiger partial charge in [0.15, 0.2) is 0 Å². The van der Waals surface area contributed by atoms with E-state index >= 15 is 0 Å². The first-order valence-electron chi connectivity index (χ1n) is 8.32. The highest BCUT2D eigenvalue weighted by atomic mass is 16.5. The molecule has 0 saturated carbocycles. The highest BCUT2D eigenvalue weighted by molar-refractivity contribution is 5.99. The summed E-state index contributed by atoms with van der Waals surface area (Å²) in [6.07, 6.45) is 1.97. The summed E-state index contributed by atoms with van der Waals surface area (Å²) in [5.74, 6) is -0.308. The number of ether oxygens (including phenoxy) is 1. The first-order valence-corrected chi connectivity index (χ1v) is 8.32. The Bertz CT molecular complexity index is 1100. The van der Waals surface area contributed by atoms with Crippen LogP contribution in [0, 0.1) is 6.92 Å². The van der Waals surface area contributed by atoms with E-state index in [0.29, 0.717) is 12.2 Å². The van der Waals surface area contributed by atoms with Gasteiger partial charge in [-0.3, -0.25) is 0 Å². The predicted octanol–water partition coefficient (Wildman–Crippen LogP) is 4.64. The average molecular weight is 330 g/mol. The molecule has 0 unspecified atom stereocenters. The molecule has 3 heterocycles. The van der Waals surface area contributed by atoms with Crippen molar-refractivity contribution in [1.29, 1.82) is 0 Å². The van der Waals surface area contributed by atoms with Crippen LogP contribution in [0.5, 0.6) is 0 Å². The monoisotopic (exact) mass is 330 g/mol. The van der Waals surface area contributed by atoms with Crippen LogP contribution in [0.25, 0.3) is 27.8 Å². The van der Waals surface area contributed by atoms with Crippen LogP contribution in [-0.4, -0.2) is 22.0 Å². The van der Waals surface area contributed by atoms with Gasteiger partial charge >= 0.3 is 5.97 Å². The maximum atomic E-state index is 12.4. The molecule has 0 fully saturated rings. The van der Waals surface area contributed by atoms with E-state index in [1.54, 1.807) is 0 Å². The zero-order valence-corrected chi connectivity index (χ0v) is 14.2. The van der Waals surface area contributed by atoms with Gasteiger partial charge in [-0.15, -0.1) is 0 Å². The lowest BCUT2D eigenvalue weighted by Gasteiger charge is -2.05. The molecule has 0 saturated heterocycles. The van der Waals surface area contributed by atoms with E-state index in [-0.39, 0.29) is 5.97 Å². The third kappa shape index (κ3) is 2.66. The molecule has 4 nitrogen and oxygen atoms in total. The first-order chi connectivity index (χ1) is 12.2. The summed E-state index contributed by atoms with van der Waals surface area (Å²) in [6.45, 7) is 4.18. The largest absolute Gasteiger partial charge is 0.462 e. The summed E-state index contributed by atoms with van der Waals surface area (Å²) in [4.78, 5) is 17.1. The molecule has 4 rings (SSSR count). The van der Waals surface area contributed by atoms with E-state index in [4.69, 9.17) is 9.72 Å². The standard InChI is InChI=1S/C21H18N2O2/c1-3-25-21(24)16-13-20(23-11-10-14(2)12-19(16)23)18-9-8-15-6-4-5-7-17(15)22-18/h4-13H,3H2,1-2H3. The molecule has 0 aliphatic heterocycles. The number of hydrogen-bond donors (Lipinski definition) is 0. The van der Waals surface area contributed by atoms with Crippen LogP contribution in [-0.2, 0) is 4.74 Å². The zero-order valence-electron chi connectivity index (χ0n) is 14.2. The van der Waals surface area contributed by atoms with Gasteiger partial charge in [0.2, 0.25) is 0 Å². The van der Waals surface area contributed by atoms with Crippen molar-refractivity contribution < 1.29 is 9.53 Å². The fraction of sp³-hybridized carbons (Fsp3) is 0.143. The van der Waals surface area contributed by atoms with Crippen LogP contribution in [0.15, 0.2) is 60.8 Å². The quantitative estimate of drug-likeness (QED) is 0.514. The number of rotatable bonds is 3. The van der Waals surface area contributed by atoms with Gasteiger partial charge in [0.25, 0.3) is 0 Å². The number of aromatic nitrogens is 2. The highest BCUT2D eigenvalue weighted by Gasteiger charge is 2.18. The van der Waals surface area contributed by atoms with Gasteiger partial charge in [0.1, 0.15) is 0 Å². The number of esters is 1. The van der Waals surface area contributed by atoms with Crippen LogP contribution in [0.2, 0.25) is 0 Å². The van der Waals surface area contributed by atoms with Gasteiger partial charge in [-0.25, -0.2) is 9.78 Å². The number of carbonyl (C=O) groups excluding carboxylic acids is 1. The SMILES string of the molecule is CCOC(=O)c1cc(-c2ccc3ccccc3n2)n2ccc(C)cc12. The molecule has 0 aliphatic rings. The Labute approximate surface area is 145 Å². The highest BCUT2D eigenvalue weighted by Crippen LogP contribution is 2.28. The van der Waals surface area contributed by atoms with Gasteiger partial charge in [0.05, 0.1) is 34.6 Å². The molecule has 0 atom stereocenters. The van der Waals surface area contributed by atoms with Crippen LogP contribution < -0.4 is 0 Å². The molecular formula is C21H18N2O2. The van der Waals surface area contributed by atoms with Gasteiger partial charge in [-0.1, -0.05) is 24.3 Å². The molecular weight excluding hydrogens is 312 g/mol. The minimum atomic E-state index is -0.308. The smallest absolute Gasteiger partial charge is 0.340 e. The minimum Gasteiger partial charge on any atom is -0.462 e. The van der Waals surface area contributed by atoms with Crippen LogP contribution in [0.1, 0.15) is 22.8 Å². The maximum Gasteiger partial charge on any atom is 0.340 e. The fourth-order valence-electron chi connectivity index (χ4n) is 3.08. The Morgan fingerprint density at radius 3 is 2.80 bits per heavy atom. The number of nitrogens with zero attached hydrogens (tertiary/aromatic N) is 2. The Kier molecular flexibility index (Phi) is 3.73. The normalized spacial score (nSPS) is 11.1. The van der Waals surface area contributed by atoms with Crippen molar-refractivity contribution in [2.45, 2.75) is 13.8 Å². The minimum absolute atomic E-state index is 0.308. The average Bonchev–Trinajstić information content (AvgIpc) is 3.00. The second-order valence-electron chi connectivity index (χ2n) is 6.01. The summed E-state index contributed by atoms with van der Waals surface area (Å²) in [6, 6.07) is 17.9. The molecule has 0 bridgehead atoms. The molecule has 1 aromatic carbocycles. The number of pyridine rings is 2. The molecule has 4 heteroatoms. The van der Waals surface area contributed by atoms with Crippen molar-refractivity contribution in [3.05, 3.63) is 71.9 Å². The number of para-hydroxylation sites is 1. The third-order valence-corrected chi connectivity index (χ3v) is 4.28. The Balaban J connectivity index is 1.95. The number of fused-ring (bicyclic) bond motifs is 2. The van der Waals surface area contributed by atoms with Gasteiger partial charge in [-0.05, 0) is 49.7 Å². The van der Waals surface area contributed by atoms with E-state index in [1.807, 2.05) is 73.0 Å². The van der Waals surface area contributed by atoms with Gasteiger partial charge < -0.3 is 9.14 Å². The summed E-state index contributed by atoms with van der Waals surface area (Å²) < 4.78 is 7.22. The van der Waals surface area contributed by atoms with Crippen LogP contribution >= 0.6 is 0 Å². The van der Waals surface area contributed by atoms with Crippen molar-refractivity contribution >= 4 is 22.4 Å². The zero-order chi connectivity index (χ0) is 17.4. The van der Waals surface area contributed by atoms with Gasteiger partial charge in [0, 0.05) is 11.6 Å². The Morgan fingerprint density at radius 2 is 1.96 bits per heavy atom. The predicted molar refractivity (Wildman–Crippen MR) is 98.8 cm³/mol. The topological polar surface area (TPSA) is 43.6 Å². The summed E-state index contributed by atoms with van der Waals surface area (Å²) in [5, 5.41) is 1.09. The van der Waals surface area contributed by atoms with E-state index in [0.717, 1.165) is 33.4 Å². The van der Waals surface area contributed by atoms with Gasteiger partial charge in [-0.2, -0.15) is 0 Å². The molecule has 0 aliphatic carbocycles. The van der Waals surface area contributed by atoms with Crippen LogP contribution in [0.4, 0.5) is 0 Å². The Morgan fingerprint density at radius 1 is 1.12 bits per heavy atom. The van der Waals surface area contributed by atoms with Crippen LogP contribution in [0.3, 0.4) is 0 Å². The number of aryl methyl sites for hydroxylation is 1. The summed E-state index contributed by atoms with van der Waals surface area (Å²) >= 11 is 0. The van der Waals surface area contributed by atoms with E-state index in [1.165, 1.54) is 0 Å². The Hall–Kier alpha value is -3.14. The lowest BCUT2D eigenvalue weighted by molar-refractivity contribution is 0.0529. The molecule has 0 amide bonds. The molecule has 4 aromatic rings. The number of carbonyl (C=O) groups is 1. The van der Waals surface area contributed by atoms with E-state index < -0.39 is 0 Å². The molecule has 0 N–H and O–H groups in total. The van der Waals surface area contributed by atoms with Crippen molar-refractivity contribution in [3.63, 3.8) is 0 Å². The number of benzene rings is 1. The third-order valence-electron chi connectivity index (χ3n) is 4.28. The van der Waals surface area contributed by atoms with Crippen molar-refractivity contribution in [2.24, 2.45) is 0 Å². The summed E-state index contributed by atoms with van der Waals surface area (Å²) in [5.41, 5.74) is 5.13. The maximum absolute atomic E-state index is 12.4. The number of hydrogen-bond acceptors (Lipinski definition) is 3. The molecule has 25 heavy (non-hydrogen) atoms. The molecule has 0 radical (unpaired) electrons. The molecule has 0 spiro atoms. The first kappa shape index (κ1) is 15.4. The summed E-state index contributed by atoms with van der Waals surface area (Å²) in [7, 11) is 0. The lowest BCUT2D eigenvalue weighted by Crippen LogP contribution is -2.04. The van der Waals surface area contributed by atoms with Crippen molar-refractivity contribution in [3.8, 4) is 11.4 Å². The van der Waals surface area contributed by atoms with E-state index in [9.17, 15) is 4.79 Å². The molecule has 3 aromatic heterocycles. The lowest BCUT2D eigenvalue weighted by atomic mass is 10.1. The van der Waals surface area contributed by atoms with Crippen molar-refractivity contribution in [1.82, 2.24) is 9.38 Å². The second-order valence-corrected chi connectivity index (χ2v) is 6.01. The molecule has 124 valence electrons. The van der Waals surface area contributed by atoms with E-state index in [2.05, 4.69) is 6.07 Å². The van der Waals surface area contributed by atoms with Crippen molar-refractivity contribution in [2.75, 3.05) is 6.61 Å².